The molecule has 1 rings (SSSR count). The maximum atomic E-state index is 13.5. The zero-order chi connectivity index (χ0) is 15.1. The second-order valence-corrected chi connectivity index (χ2v) is 3.96. The molecule has 0 radical (unpaired) electrons. The van der Waals surface area contributed by atoms with Crippen LogP contribution in [-0.2, 0) is 4.74 Å². The van der Waals surface area contributed by atoms with E-state index in [1.165, 1.54) is 24.2 Å². The van der Waals surface area contributed by atoms with Gasteiger partial charge in [0.1, 0.15) is 0 Å². The van der Waals surface area contributed by atoms with Crippen LogP contribution in [0.1, 0.15) is 10.4 Å². The Morgan fingerprint density at radius 3 is 2.80 bits per heavy atom. The van der Waals surface area contributed by atoms with E-state index in [-0.39, 0.29) is 12.1 Å². The zero-order valence-corrected chi connectivity index (χ0v) is 11.0. The summed E-state index contributed by atoms with van der Waals surface area (Å²) < 4.78 is 18.4. The molecule has 0 aromatic heterocycles. The topological polar surface area (TPSA) is 72.7 Å². The molecule has 0 aliphatic heterocycles. The first kappa shape index (κ1) is 15.8. The molecule has 0 heterocycles. The van der Waals surface area contributed by atoms with Crippen molar-refractivity contribution in [3.63, 3.8) is 0 Å². The Bertz CT molecular complexity index is 519. The van der Waals surface area contributed by atoms with Gasteiger partial charge in [0.05, 0.1) is 11.5 Å². The summed E-state index contributed by atoms with van der Waals surface area (Å²) in [6.45, 7) is 4.47. The van der Waals surface area contributed by atoms with Gasteiger partial charge in [-0.1, -0.05) is 6.08 Å². The van der Waals surface area contributed by atoms with Crippen LogP contribution < -0.4 is 0 Å². The summed E-state index contributed by atoms with van der Waals surface area (Å²) >= 11 is 0. The summed E-state index contributed by atoms with van der Waals surface area (Å²) in [6.07, 6.45) is 1.54. The number of carbonyl (C=O) groups is 1. The van der Waals surface area contributed by atoms with Crippen molar-refractivity contribution in [2.45, 2.75) is 0 Å². The van der Waals surface area contributed by atoms with Gasteiger partial charge in [-0.15, -0.1) is 6.58 Å². The molecule has 0 spiro atoms. The molecule has 1 aromatic rings. The van der Waals surface area contributed by atoms with E-state index in [0.29, 0.717) is 13.2 Å². The van der Waals surface area contributed by atoms with Crippen molar-refractivity contribution in [1.29, 1.82) is 0 Å². The molecule has 0 N–H and O–H groups in total. The van der Waals surface area contributed by atoms with Crippen LogP contribution in [0.3, 0.4) is 0 Å². The first-order valence-electron chi connectivity index (χ1n) is 5.84. The van der Waals surface area contributed by atoms with Crippen LogP contribution in [0.4, 0.5) is 10.1 Å². The predicted molar refractivity (Wildman–Crippen MR) is 71.0 cm³/mol. The second-order valence-electron chi connectivity index (χ2n) is 3.96. The maximum Gasteiger partial charge on any atom is 0.304 e. The number of carbonyl (C=O) groups excluding carboxylic acids is 1. The highest BCUT2D eigenvalue weighted by atomic mass is 19.1. The fourth-order valence-corrected chi connectivity index (χ4v) is 1.60. The number of methoxy groups -OCH3 is 1. The van der Waals surface area contributed by atoms with E-state index < -0.39 is 22.3 Å². The molecule has 0 saturated carbocycles. The summed E-state index contributed by atoms with van der Waals surface area (Å²) in [5, 5.41) is 10.5. The van der Waals surface area contributed by atoms with Crippen molar-refractivity contribution in [3.05, 3.63) is 52.3 Å². The van der Waals surface area contributed by atoms with E-state index in [9.17, 15) is 19.3 Å². The third-order valence-corrected chi connectivity index (χ3v) is 2.59. The molecule has 0 aliphatic rings. The summed E-state index contributed by atoms with van der Waals surface area (Å²) in [4.78, 5) is 23.3. The van der Waals surface area contributed by atoms with E-state index >= 15 is 0 Å². The van der Waals surface area contributed by atoms with Crippen molar-refractivity contribution in [1.82, 2.24) is 4.90 Å². The number of nitrogens with zero attached hydrogens (tertiary/aromatic N) is 2. The van der Waals surface area contributed by atoms with Gasteiger partial charge in [-0.3, -0.25) is 14.9 Å². The Balaban J connectivity index is 2.96. The molecule has 0 bridgehead atoms. The van der Waals surface area contributed by atoms with Crippen LogP contribution in [0.5, 0.6) is 0 Å². The van der Waals surface area contributed by atoms with Crippen LogP contribution in [0, 0.1) is 15.9 Å². The summed E-state index contributed by atoms with van der Waals surface area (Å²) in [7, 11) is 1.50. The molecular weight excluding hydrogens is 267 g/mol. The Labute approximate surface area is 115 Å². The van der Waals surface area contributed by atoms with Gasteiger partial charge in [0.25, 0.3) is 5.91 Å². The zero-order valence-electron chi connectivity index (χ0n) is 11.0. The number of amides is 1. The first-order valence-corrected chi connectivity index (χ1v) is 5.84. The average Bonchev–Trinajstić information content (AvgIpc) is 2.42. The number of ether oxygens (including phenoxy) is 1. The summed E-state index contributed by atoms with van der Waals surface area (Å²) in [5.41, 5.74) is -0.611. The molecule has 1 amide bonds. The molecule has 0 atom stereocenters. The van der Waals surface area contributed by atoms with Crippen LogP contribution in [0.15, 0.2) is 30.9 Å². The standard InChI is InChI=1S/C13H15FN2O4/c1-3-6-15(7-8-20-2)13(17)10-4-5-12(16(18)19)11(14)9-10/h3-5,9H,1,6-8H2,2H3. The van der Waals surface area contributed by atoms with Gasteiger partial charge >= 0.3 is 5.69 Å². The van der Waals surface area contributed by atoms with Crippen molar-refractivity contribution in [2.24, 2.45) is 0 Å². The van der Waals surface area contributed by atoms with E-state index in [2.05, 4.69) is 6.58 Å². The second kappa shape index (κ2) is 7.34. The number of nitro groups is 1. The highest BCUT2D eigenvalue weighted by Gasteiger charge is 2.19. The lowest BCUT2D eigenvalue weighted by atomic mass is 10.1. The first-order chi connectivity index (χ1) is 9.51. The maximum absolute atomic E-state index is 13.5. The number of benzene rings is 1. The van der Waals surface area contributed by atoms with Gasteiger partial charge in [-0.05, 0) is 12.1 Å². The minimum atomic E-state index is -1.04. The number of halogens is 1. The number of hydrogen-bond donors (Lipinski definition) is 0. The highest BCUT2D eigenvalue weighted by Crippen LogP contribution is 2.19. The third kappa shape index (κ3) is 3.86. The largest absolute Gasteiger partial charge is 0.383 e. The smallest absolute Gasteiger partial charge is 0.304 e. The highest BCUT2D eigenvalue weighted by molar-refractivity contribution is 5.94. The molecule has 6 nitrogen and oxygen atoms in total. The quantitative estimate of drug-likeness (QED) is 0.435. The molecule has 0 saturated heterocycles. The van der Waals surface area contributed by atoms with E-state index in [4.69, 9.17) is 4.74 Å². The Hall–Kier alpha value is -2.28. The van der Waals surface area contributed by atoms with Crippen molar-refractivity contribution in [3.8, 4) is 0 Å². The normalized spacial score (nSPS) is 10.1. The molecule has 1 aromatic carbocycles. The van der Waals surface area contributed by atoms with Crippen LogP contribution in [0.2, 0.25) is 0 Å². The molecule has 0 aliphatic carbocycles. The summed E-state index contributed by atoms with van der Waals surface area (Å²) in [5.74, 6) is -1.47. The van der Waals surface area contributed by atoms with Gasteiger partial charge < -0.3 is 9.64 Å². The lowest BCUT2D eigenvalue weighted by Crippen LogP contribution is -2.34. The van der Waals surface area contributed by atoms with Gasteiger partial charge in [-0.25, -0.2) is 0 Å². The Morgan fingerprint density at radius 1 is 1.60 bits per heavy atom. The molecule has 0 fully saturated rings. The summed E-state index contributed by atoms with van der Waals surface area (Å²) in [6, 6.07) is 3.07. The monoisotopic (exact) mass is 282 g/mol. The lowest BCUT2D eigenvalue weighted by molar-refractivity contribution is -0.387. The average molecular weight is 282 g/mol. The van der Waals surface area contributed by atoms with Gasteiger partial charge in [0.2, 0.25) is 5.82 Å². The van der Waals surface area contributed by atoms with E-state index in [0.717, 1.165) is 12.1 Å². The Kier molecular flexibility index (Phi) is 5.79. The molecule has 20 heavy (non-hydrogen) atoms. The molecular formula is C13H15FN2O4. The van der Waals surface area contributed by atoms with E-state index in [1.807, 2.05) is 0 Å². The minimum absolute atomic E-state index is 0.0473. The Morgan fingerprint density at radius 2 is 2.30 bits per heavy atom. The van der Waals surface area contributed by atoms with Crippen LogP contribution >= 0.6 is 0 Å². The number of hydrogen-bond acceptors (Lipinski definition) is 4. The molecule has 108 valence electrons. The molecule has 7 heteroatoms. The fraction of sp³-hybridized carbons (Fsp3) is 0.308. The molecule has 0 unspecified atom stereocenters. The predicted octanol–water partition coefficient (Wildman–Crippen LogP) is 2.01. The third-order valence-electron chi connectivity index (χ3n) is 2.59. The van der Waals surface area contributed by atoms with Gasteiger partial charge in [0, 0.05) is 31.8 Å². The SMILES string of the molecule is C=CCN(CCOC)C(=O)c1ccc([N+](=O)[O-])c(F)c1. The van der Waals surface area contributed by atoms with Gasteiger partial charge in [0.15, 0.2) is 0 Å². The lowest BCUT2D eigenvalue weighted by Gasteiger charge is -2.20. The van der Waals surface area contributed by atoms with Crippen molar-refractivity contribution in [2.75, 3.05) is 26.8 Å². The van der Waals surface area contributed by atoms with E-state index in [1.54, 1.807) is 0 Å². The van der Waals surface area contributed by atoms with Crippen molar-refractivity contribution < 1.29 is 18.8 Å². The van der Waals surface area contributed by atoms with Gasteiger partial charge in [-0.2, -0.15) is 4.39 Å². The number of nitro benzene ring substituents is 1. The van der Waals surface area contributed by atoms with Crippen LogP contribution in [0.25, 0.3) is 0 Å². The van der Waals surface area contributed by atoms with Crippen molar-refractivity contribution >= 4 is 11.6 Å². The fourth-order valence-electron chi connectivity index (χ4n) is 1.60. The van der Waals surface area contributed by atoms with Crippen LogP contribution in [-0.4, -0.2) is 42.5 Å². The number of rotatable bonds is 7. The minimum Gasteiger partial charge on any atom is -0.383 e.